The van der Waals surface area contributed by atoms with Crippen LogP contribution in [0, 0.1) is 18.7 Å². The molecule has 3 N–H and O–H groups in total. The van der Waals surface area contributed by atoms with Crippen molar-refractivity contribution in [1.29, 1.82) is 0 Å². The maximum Gasteiger partial charge on any atom is 0.251 e. The second kappa shape index (κ2) is 11.6. The monoisotopic (exact) mass is 391 g/mol. The molecule has 1 heterocycles. The number of piperidine rings is 1. The van der Waals surface area contributed by atoms with Gasteiger partial charge in [-0.1, -0.05) is 13.0 Å². The highest BCUT2D eigenvalue weighted by Crippen LogP contribution is 2.15. The largest absolute Gasteiger partial charge is 0.356 e. The van der Waals surface area contributed by atoms with Crippen LogP contribution >= 0.6 is 0 Å². The predicted octanol–water partition coefficient (Wildman–Crippen LogP) is 2.15. The van der Waals surface area contributed by atoms with Crippen molar-refractivity contribution >= 4 is 11.9 Å². The van der Waals surface area contributed by atoms with E-state index in [1.165, 1.54) is 32.0 Å². The normalized spacial score (nSPS) is 16.1. The third-order valence-corrected chi connectivity index (χ3v) is 5.18. The minimum atomic E-state index is -0.366. The number of rotatable bonds is 8. The lowest BCUT2D eigenvalue weighted by Crippen LogP contribution is -2.42. The van der Waals surface area contributed by atoms with Gasteiger partial charge < -0.3 is 20.9 Å². The Hall–Kier alpha value is -2.15. The Bertz CT molecular complexity index is 656. The lowest BCUT2D eigenvalue weighted by Gasteiger charge is -2.30. The number of hydrogen-bond acceptors (Lipinski definition) is 3. The zero-order valence-corrected chi connectivity index (χ0v) is 17.4. The number of nitrogens with one attached hydrogen (secondary N) is 3. The number of aryl methyl sites for hydroxylation is 1. The molecule has 28 heavy (non-hydrogen) atoms. The van der Waals surface area contributed by atoms with Crippen molar-refractivity contribution in [2.45, 2.75) is 33.1 Å². The number of likely N-dealkylation sites (tertiary alicyclic amines) is 1. The molecule has 0 aromatic heterocycles. The topological polar surface area (TPSA) is 68.8 Å². The second-order valence-corrected chi connectivity index (χ2v) is 7.52. The second-order valence-electron chi connectivity index (χ2n) is 7.52. The van der Waals surface area contributed by atoms with E-state index in [1.807, 2.05) is 0 Å². The van der Waals surface area contributed by atoms with Gasteiger partial charge >= 0.3 is 0 Å². The fourth-order valence-electron chi connectivity index (χ4n) is 3.21. The lowest BCUT2D eigenvalue weighted by molar-refractivity contribution is 0.0954. The molecule has 2 rings (SSSR count). The fourth-order valence-corrected chi connectivity index (χ4v) is 3.21. The summed E-state index contributed by atoms with van der Waals surface area (Å²) in [6.45, 7) is 9.37. The molecular formula is C21H34FN5O. The number of nitrogens with zero attached hydrogens (tertiary/aromatic N) is 2. The lowest BCUT2D eigenvalue weighted by atomic mass is 9.99. The molecule has 0 radical (unpaired) electrons. The first-order valence-corrected chi connectivity index (χ1v) is 10.2. The molecule has 1 amide bonds. The van der Waals surface area contributed by atoms with Crippen molar-refractivity contribution in [2.75, 3.05) is 46.3 Å². The molecule has 1 aliphatic rings. The van der Waals surface area contributed by atoms with Crippen LogP contribution in [-0.4, -0.2) is 63.1 Å². The van der Waals surface area contributed by atoms with E-state index < -0.39 is 0 Å². The van der Waals surface area contributed by atoms with Gasteiger partial charge in [0.1, 0.15) is 5.82 Å². The first kappa shape index (κ1) is 22.1. The van der Waals surface area contributed by atoms with E-state index in [9.17, 15) is 9.18 Å². The van der Waals surface area contributed by atoms with E-state index in [-0.39, 0.29) is 11.7 Å². The molecule has 1 aromatic carbocycles. The van der Waals surface area contributed by atoms with Gasteiger partial charge in [-0.05, 0) is 69.4 Å². The Morgan fingerprint density at radius 1 is 1.18 bits per heavy atom. The molecular weight excluding hydrogens is 357 g/mol. The number of aliphatic imine (C=N–C) groups is 1. The molecule has 0 unspecified atom stereocenters. The van der Waals surface area contributed by atoms with Crippen molar-refractivity contribution < 1.29 is 9.18 Å². The Kier molecular flexibility index (Phi) is 9.20. The Balaban J connectivity index is 1.57. The van der Waals surface area contributed by atoms with Gasteiger partial charge in [0.05, 0.1) is 0 Å². The number of hydrogen-bond donors (Lipinski definition) is 3. The van der Waals surface area contributed by atoms with Crippen molar-refractivity contribution in [3.8, 4) is 0 Å². The van der Waals surface area contributed by atoms with Gasteiger partial charge in [-0.3, -0.25) is 9.79 Å². The van der Waals surface area contributed by atoms with E-state index in [0.717, 1.165) is 31.4 Å². The van der Waals surface area contributed by atoms with Crippen LogP contribution in [0.2, 0.25) is 0 Å². The fraction of sp³-hybridized carbons (Fsp3) is 0.619. The summed E-state index contributed by atoms with van der Waals surface area (Å²) in [5.41, 5.74) is 0.862. The molecule has 1 saturated heterocycles. The average molecular weight is 392 g/mol. The average Bonchev–Trinajstić information content (AvgIpc) is 2.70. The van der Waals surface area contributed by atoms with Crippen molar-refractivity contribution in [3.05, 3.63) is 35.1 Å². The zero-order chi connectivity index (χ0) is 20.4. The van der Waals surface area contributed by atoms with Crippen LogP contribution in [0.15, 0.2) is 23.2 Å². The summed E-state index contributed by atoms with van der Waals surface area (Å²) in [4.78, 5) is 18.8. The van der Waals surface area contributed by atoms with Gasteiger partial charge in [-0.25, -0.2) is 4.39 Å². The number of guanidine groups is 1. The van der Waals surface area contributed by atoms with Crippen LogP contribution in [0.5, 0.6) is 0 Å². The van der Waals surface area contributed by atoms with E-state index >= 15 is 0 Å². The van der Waals surface area contributed by atoms with E-state index in [0.29, 0.717) is 24.2 Å². The summed E-state index contributed by atoms with van der Waals surface area (Å²) in [6, 6.07) is 4.50. The van der Waals surface area contributed by atoms with Gasteiger partial charge in [0, 0.05) is 32.2 Å². The summed E-state index contributed by atoms with van der Waals surface area (Å²) in [5, 5.41) is 9.26. The zero-order valence-electron chi connectivity index (χ0n) is 17.4. The number of halogens is 1. The molecule has 0 bridgehead atoms. The molecule has 0 atom stereocenters. The smallest absolute Gasteiger partial charge is 0.251 e. The van der Waals surface area contributed by atoms with Crippen LogP contribution in [-0.2, 0) is 0 Å². The van der Waals surface area contributed by atoms with Crippen LogP contribution in [0.1, 0.15) is 42.1 Å². The Labute approximate surface area is 168 Å². The van der Waals surface area contributed by atoms with Gasteiger partial charge in [-0.2, -0.15) is 0 Å². The molecule has 1 fully saturated rings. The predicted molar refractivity (Wildman–Crippen MR) is 112 cm³/mol. The minimum Gasteiger partial charge on any atom is -0.356 e. The van der Waals surface area contributed by atoms with Crippen molar-refractivity contribution in [3.63, 3.8) is 0 Å². The summed E-state index contributed by atoms with van der Waals surface area (Å²) in [6.07, 6.45) is 3.68. The Morgan fingerprint density at radius 3 is 2.54 bits per heavy atom. The maximum absolute atomic E-state index is 13.5. The SMILES string of the molecule is CN=C(NCCCN1CCC(C)CC1)NCCNC(=O)c1ccc(C)c(F)c1. The number of carbonyl (C=O) groups excluding carboxylic acids is 1. The molecule has 7 heteroatoms. The summed E-state index contributed by atoms with van der Waals surface area (Å²) < 4.78 is 13.5. The third-order valence-electron chi connectivity index (χ3n) is 5.18. The van der Waals surface area contributed by atoms with Crippen molar-refractivity contribution in [2.24, 2.45) is 10.9 Å². The molecule has 156 valence electrons. The van der Waals surface area contributed by atoms with E-state index in [1.54, 1.807) is 26.1 Å². The molecule has 0 saturated carbocycles. The number of benzene rings is 1. The van der Waals surface area contributed by atoms with E-state index in [4.69, 9.17) is 0 Å². The van der Waals surface area contributed by atoms with Crippen molar-refractivity contribution in [1.82, 2.24) is 20.9 Å². The maximum atomic E-state index is 13.5. The quantitative estimate of drug-likeness (QED) is 0.361. The molecule has 1 aliphatic heterocycles. The van der Waals surface area contributed by atoms with E-state index in [2.05, 4.69) is 32.8 Å². The van der Waals surface area contributed by atoms with Gasteiger partial charge in [0.2, 0.25) is 0 Å². The van der Waals surface area contributed by atoms with Crippen LogP contribution in [0.4, 0.5) is 4.39 Å². The highest BCUT2D eigenvalue weighted by atomic mass is 19.1. The molecule has 1 aromatic rings. The summed E-state index contributed by atoms with van der Waals surface area (Å²) >= 11 is 0. The van der Waals surface area contributed by atoms with Crippen LogP contribution < -0.4 is 16.0 Å². The first-order chi connectivity index (χ1) is 13.5. The van der Waals surface area contributed by atoms with Crippen LogP contribution in [0.3, 0.4) is 0 Å². The Morgan fingerprint density at radius 2 is 1.86 bits per heavy atom. The van der Waals surface area contributed by atoms with Gasteiger partial charge in [0.25, 0.3) is 5.91 Å². The highest BCUT2D eigenvalue weighted by Gasteiger charge is 2.14. The van der Waals surface area contributed by atoms with Crippen LogP contribution in [0.25, 0.3) is 0 Å². The standard InChI is InChI=1S/C21H34FN5O/c1-16-7-13-27(14-8-16)12-4-9-25-21(23-3)26-11-10-24-20(28)18-6-5-17(2)19(22)15-18/h5-6,15-16H,4,7-14H2,1-3H3,(H,24,28)(H2,23,25,26). The molecule has 0 spiro atoms. The summed E-state index contributed by atoms with van der Waals surface area (Å²) in [5.74, 6) is 0.944. The van der Waals surface area contributed by atoms with Gasteiger partial charge in [0.15, 0.2) is 5.96 Å². The van der Waals surface area contributed by atoms with Gasteiger partial charge in [-0.15, -0.1) is 0 Å². The number of amides is 1. The highest BCUT2D eigenvalue weighted by molar-refractivity contribution is 5.94. The minimum absolute atomic E-state index is 0.278. The number of carbonyl (C=O) groups is 1. The summed E-state index contributed by atoms with van der Waals surface area (Å²) in [7, 11) is 1.73. The molecule has 6 nitrogen and oxygen atoms in total. The third kappa shape index (κ3) is 7.46. The molecule has 0 aliphatic carbocycles. The first-order valence-electron chi connectivity index (χ1n) is 10.2.